The Morgan fingerprint density at radius 1 is 1.16 bits per heavy atom. The average molecular weight is 370 g/mol. The van der Waals surface area contributed by atoms with Crippen molar-refractivity contribution in [1.29, 1.82) is 0 Å². The summed E-state index contributed by atoms with van der Waals surface area (Å²) in [6, 6.07) is 5.48. The number of amides is 1. The minimum atomic E-state index is -3.69. The minimum absolute atomic E-state index is 0.0487. The fourth-order valence-corrected chi connectivity index (χ4v) is 3.66. The Bertz CT molecular complexity index is 718. The summed E-state index contributed by atoms with van der Waals surface area (Å²) < 4.78 is 27.1. The molecule has 0 atom stereocenters. The molecule has 0 radical (unpaired) electrons. The lowest BCUT2D eigenvalue weighted by molar-refractivity contribution is -0.137. The highest BCUT2D eigenvalue weighted by Crippen LogP contribution is 2.15. The van der Waals surface area contributed by atoms with Crippen LogP contribution in [-0.4, -0.2) is 48.9 Å². The van der Waals surface area contributed by atoms with Crippen molar-refractivity contribution in [2.24, 2.45) is 5.92 Å². The van der Waals surface area contributed by atoms with Crippen molar-refractivity contribution in [3.8, 4) is 0 Å². The number of carbonyl (C=O) groups excluding carboxylic acids is 1. The first kappa shape index (κ1) is 21.1. The number of nitrogens with zero attached hydrogens (tertiary/aromatic N) is 1. The molecule has 0 aliphatic carbocycles. The number of carboxylic acids is 1. The second-order valence-corrected chi connectivity index (χ2v) is 9.04. The molecule has 0 bridgehead atoms. The van der Waals surface area contributed by atoms with Gasteiger partial charge in [0.05, 0.1) is 4.90 Å². The lowest BCUT2D eigenvalue weighted by atomic mass is 10.1. The van der Waals surface area contributed by atoms with Crippen LogP contribution in [0.25, 0.3) is 0 Å². The lowest BCUT2D eigenvalue weighted by Crippen LogP contribution is -2.40. The Labute approximate surface area is 149 Å². The van der Waals surface area contributed by atoms with E-state index in [1.165, 1.54) is 29.2 Å². The zero-order valence-electron chi connectivity index (χ0n) is 15.2. The molecule has 0 heterocycles. The van der Waals surface area contributed by atoms with E-state index in [4.69, 9.17) is 5.11 Å². The molecule has 0 aliphatic heterocycles. The van der Waals surface area contributed by atoms with Crippen LogP contribution in [0.3, 0.4) is 0 Å². The van der Waals surface area contributed by atoms with Crippen LogP contribution in [0, 0.1) is 5.92 Å². The van der Waals surface area contributed by atoms with Gasteiger partial charge >= 0.3 is 5.97 Å². The van der Waals surface area contributed by atoms with Crippen molar-refractivity contribution >= 4 is 21.9 Å². The van der Waals surface area contributed by atoms with E-state index in [0.717, 1.165) is 0 Å². The fourth-order valence-electron chi connectivity index (χ4n) is 2.24. The molecule has 1 amide bonds. The molecule has 0 fully saturated rings. The number of carbonyl (C=O) groups is 2. The van der Waals surface area contributed by atoms with Gasteiger partial charge in [0.1, 0.15) is 6.54 Å². The molecule has 1 rings (SSSR count). The summed E-state index contributed by atoms with van der Waals surface area (Å²) in [5, 5.41) is 8.97. The molecular weight excluding hydrogens is 344 g/mol. The van der Waals surface area contributed by atoms with Gasteiger partial charge in [0.25, 0.3) is 5.91 Å². The van der Waals surface area contributed by atoms with Crippen LogP contribution in [0.4, 0.5) is 0 Å². The first-order valence-corrected chi connectivity index (χ1v) is 9.45. The molecule has 25 heavy (non-hydrogen) atoms. The van der Waals surface area contributed by atoms with Gasteiger partial charge in [-0.3, -0.25) is 9.59 Å². The van der Waals surface area contributed by atoms with E-state index in [9.17, 15) is 18.0 Å². The van der Waals surface area contributed by atoms with Gasteiger partial charge < -0.3 is 10.0 Å². The van der Waals surface area contributed by atoms with Crippen molar-refractivity contribution in [2.45, 2.75) is 45.1 Å². The third-order valence-corrected chi connectivity index (χ3v) is 4.82. The highest BCUT2D eigenvalue weighted by atomic mass is 32.2. The van der Waals surface area contributed by atoms with Crippen LogP contribution in [0.5, 0.6) is 0 Å². The van der Waals surface area contributed by atoms with Gasteiger partial charge in [0, 0.05) is 17.6 Å². The maximum absolute atomic E-state index is 12.5. The molecule has 0 aliphatic rings. The Balaban J connectivity index is 3.04. The SMILES string of the molecule is CC(C)CN(CC(=O)O)C(=O)c1ccc(S(=O)(=O)NC(C)(C)C)cc1. The second kappa shape index (κ2) is 7.97. The largest absolute Gasteiger partial charge is 0.480 e. The fraction of sp³-hybridized carbons (Fsp3) is 0.529. The third kappa shape index (κ3) is 6.83. The first-order valence-electron chi connectivity index (χ1n) is 7.97. The molecule has 0 unspecified atom stereocenters. The molecule has 140 valence electrons. The first-order chi connectivity index (χ1) is 11.3. The normalized spacial score (nSPS) is 12.2. The van der Waals surface area contributed by atoms with Gasteiger partial charge in [-0.1, -0.05) is 13.8 Å². The van der Waals surface area contributed by atoms with Gasteiger partial charge in [-0.25, -0.2) is 13.1 Å². The summed E-state index contributed by atoms with van der Waals surface area (Å²) in [5.74, 6) is -1.43. The predicted molar refractivity (Wildman–Crippen MR) is 94.9 cm³/mol. The van der Waals surface area contributed by atoms with E-state index in [2.05, 4.69) is 4.72 Å². The quantitative estimate of drug-likeness (QED) is 0.763. The second-order valence-electron chi connectivity index (χ2n) is 7.35. The van der Waals surface area contributed by atoms with Crippen molar-refractivity contribution in [3.63, 3.8) is 0 Å². The molecule has 0 saturated heterocycles. The molecular formula is C17H26N2O5S. The maximum Gasteiger partial charge on any atom is 0.323 e. The van der Waals surface area contributed by atoms with E-state index in [1.54, 1.807) is 20.8 Å². The van der Waals surface area contributed by atoms with Crippen LogP contribution in [-0.2, 0) is 14.8 Å². The summed E-state index contributed by atoms with van der Waals surface area (Å²) in [5.41, 5.74) is -0.375. The van der Waals surface area contributed by atoms with Gasteiger partial charge in [0.15, 0.2) is 0 Å². The zero-order valence-corrected chi connectivity index (χ0v) is 16.1. The maximum atomic E-state index is 12.5. The summed E-state index contributed by atoms with van der Waals surface area (Å²) in [4.78, 5) is 24.8. The minimum Gasteiger partial charge on any atom is -0.480 e. The summed E-state index contributed by atoms with van der Waals surface area (Å²) >= 11 is 0. The number of hydrogen-bond acceptors (Lipinski definition) is 4. The Morgan fingerprint density at radius 2 is 1.68 bits per heavy atom. The van der Waals surface area contributed by atoms with Crippen molar-refractivity contribution in [2.75, 3.05) is 13.1 Å². The Hall–Kier alpha value is -1.93. The number of carboxylic acid groups (broad SMARTS) is 1. The molecule has 0 saturated carbocycles. The van der Waals surface area contributed by atoms with Crippen molar-refractivity contribution < 1.29 is 23.1 Å². The van der Waals surface area contributed by atoms with Crippen LogP contribution >= 0.6 is 0 Å². The highest BCUT2D eigenvalue weighted by molar-refractivity contribution is 7.89. The van der Waals surface area contributed by atoms with Crippen LogP contribution in [0.1, 0.15) is 45.0 Å². The van der Waals surface area contributed by atoms with E-state index in [-0.39, 0.29) is 16.4 Å². The van der Waals surface area contributed by atoms with Crippen LogP contribution in [0.15, 0.2) is 29.2 Å². The van der Waals surface area contributed by atoms with Crippen LogP contribution < -0.4 is 4.72 Å². The predicted octanol–water partition coefficient (Wildman–Crippen LogP) is 1.95. The monoisotopic (exact) mass is 370 g/mol. The third-order valence-electron chi connectivity index (χ3n) is 3.05. The molecule has 1 aromatic rings. The van der Waals surface area contributed by atoms with Crippen molar-refractivity contribution in [1.82, 2.24) is 9.62 Å². The van der Waals surface area contributed by atoms with Gasteiger partial charge in [-0.2, -0.15) is 0 Å². The van der Waals surface area contributed by atoms with E-state index in [1.807, 2.05) is 13.8 Å². The van der Waals surface area contributed by atoms with Gasteiger partial charge in [-0.05, 0) is 51.0 Å². The van der Waals surface area contributed by atoms with E-state index < -0.39 is 34.0 Å². The number of benzene rings is 1. The average Bonchev–Trinajstić information content (AvgIpc) is 2.42. The van der Waals surface area contributed by atoms with E-state index in [0.29, 0.717) is 6.54 Å². The van der Waals surface area contributed by atoms with Gasteiger partial charge in [-0.15, -0.1) is 0 Å². The number of rotatable bonds is 7. The van der Waals surface area contributed by atoms with Crippen molar-refractivity contribution in [3.05, 3.63) is 29.8 Å². The number of hydrogen-bond donors (Lipinski definition) is 2. The molecule has 2 N–H and O–H groups in total. The molecule has 0 spiro atoms. The number of sulfonamides is 1. The summed E-state index contributed by atoms with van der Waals surface area (Å²) in [7, 11) is -3.69. The Kier molecular flexibility index (Phi) is 6.73. The van der Waals surface area contributed by atoms with Gasteiger partial charge in [0.2, 0.25) is 10.0 Å². The van der Waals surface area contributed by atoms with Crippen LogP contribution in [0.2, 0.25) is 0 Å². The summed E-state index contributed by atoms with van der Waals surface area (Å²) in [6.45, 7) is 8.87. The smallest absolute Gasteiger partial charge is 0.323 e. The Morgan fingerprint density at radius 3 is 2.08 bits per heavy atom. The highest BCUT2D eigenvalue weighted by Gasteiger charge is 2.23. The molecule has 8 heteroatoms. The standard InChI is InChI=1S/C17H26N2O5S/c1-12(2)10-19(11-15(20)21)16(22)13-6-8-14(9-7-13)25(23,24)18-17(3,4)5/h6-9,12,18H,10-11H2,1-5H3,(H,20,21). The lowest BCUT2D eigenvalue weighted by Gasteiger charge is -2.23. The molecule has 0 aromatic heterocycles. The molecule has 7 nitrogen and oxygen atoms in total. The number of aliphatic carboxylic acids is 1. The topological polar surface area (TPSA) is 104 Å². The zero-order chi connectivity index (χ0) is 19.4. The number of nitrogens with one attached hydrogen (secondary N) is 1. The van der Waals surface area contributed by atoms with E-state index >= 15 is 0 Å². The summed E-state index contributed by atoms with van der Waals surface area (Å²) in [6.07, 6.45) is 0. The molecule has 1 aromatic carbocycles.